The average Bonchev–Trinajstić information content (AvgIpc) is 2.87. The number of rotatable bonds is 6. The van der Waals surface area contributed by atoms with Crippen LogP contribution >= 0.6 is 11.8 Å². The Balaban J connectivity index is 1.73. The third kappa shape index (κ3) is 4.02. The Kier molecular flexibility index (Phi) is 6.56. The van der Waals surface area contributed by atoms with E-state index in [1.54, 1.807) is 45.5 Å². The molecule has 1 fully saturated rings. The lowest BCUT2D eigenvalue weighted by Gasteiger charge is -2.42. The van der Waals surface area contributed by atoms with Gasteiger partial charge in [-0.1, -0.05) is 23.9 Å². The number of carbonyl (C=O) groups excluding carboxylic acids is 1. The molecule has 2 aliphatic heterocycles. The Hall–Kier alpha value is -3.51. The number of nitrogens with zero attached hydrogens (tertiary/aromatic N) is 3. The van der Waals surface area contributed by atoms with Crippen LogP contribution in [0.5, 0.6) is 23.0 Å². The maximum absolute atomic E-state index is 13.3. The van der Waals surface area contributed by atoms with Crippen molar-refractivity contribution in [2.75, 3.05) is 45.9 Å². The van der Waals surface area contributed by atoms with Crippen molar-refractivity contribution in [3.05, 3.63) is 52.6 Å². The van der Waals surface area contributed by atoms with E-state index >= 15 is 0 Å². The zero-order valence-electron chi connectivity index (χ0n) is 19.0. The SMILES string of the molecule is COc1cc(OC)c(C2CC(=O)N3CN(c4ccccc4OC)CSC3=C2C#N)cc1OC. The molecule has 172 valence electrons. The van der Waals surface area contributed by atoms with Crippen LogP contribution in [0.25, 0.3) is 0 Å². The molecule has 0 aromatic heterocycles. The average molecular weight is 468 g/mol. The van der Waals surface area contributed by atoms with Gasteiger partial charge >= 0.3 is 0 Å². The van der Waals surface area contributed by atoms with Crippen LogP contribution in [-0.4, -0.2) is 51.8 Å². The zero-order valence-corrected chi connectivity index (χ0v) is 19.8. The van der Waals surface area contributed by atoms with Crippen LogP contribution in [0, 0.1) is 11.3 Å². The van der Waals surface area contributed by atoms with Gasteiger partial charge in [-0.2, -0.15) is 5.26 Å². The molecule has 2 aromatic rings. The van der Waals surface area contributed by atoms with Crippen molar-refractivity contribution in [3.8, 4) is 29.1 Å². The quantitative estimate of drug-likeness (QED) is 0.632. The third-order valence-corrected chi connectivity index (χ3v) is 6.99. The summed E-state index contributed by atoms with van der Waals surface area (Å²) in [5, 5.41) is 10.8. The molecule has 9 heteroatoms. The van der Waals surface area contributed by atoms with Crippen LogP contribution in [-0.2, 0) is 4.79 Å². The summed E-state index contributed by atoms with van der Waals surface area (Å²) in [5.74, 6) is 2.41. The summed E-state index contributed by atoms with van der Waals surface area (Å²) in [5.41, 5.74) is 2.17. The second-order valence-electron chi connectivity index (χ2n) is 7.48. The fraction of sp³-hybridized carbons (Fsp3) is 0.333. The van der Waals surface area contributed by atoms with Crippen molar-refractivity contribution in [1.82, 2.24) is 4.90 Å². The second-order valence-corrected chi connectivity index (χ2v) is 8.42. The van der Waals surface area contributed by atoms with Gasteiger partial charge in [-0.3, -0.25) is 9.69 Å². The molecule has 8 nitrogen and oxygen atoms in total. The van der Waals surface area contributed by atoms with E-state index in [9.17, 15) is 10.1 Å². The first-order valence-electron chi connectivity index (χ1n) is 10.3. The maximum atomic E-state index is 13.3. The monoisotopic (exact) mass is 467 g/mol. The van der Waals surface area contributed by atoms with Crippen molar-refractivity contribution in [1.29, 1.82) is 5.26 Å². The third-order valence-electron chi connectivity index (χ3n) is 5.83. The number of nitriles is 1. The smallest absolute Gasteiger partial charge is 0.229 e. The lowest BCUT2D eigenvalue weighted by atomic mass is 9.85. The molecular formula is C24H25N3O5S. The van der Waals surface area contributed by atoms with Gasteiger partial charge in [0.25, 0.3) is 0 Å². The van der Waals surface area contributed by atoms with Crippen molar-refractivity contribution < 1.29 is 23.7 Å². The predicted molar refractivity (Wildman–Crippen MR) is 126 cm³/mol. The Morgan fingerprint density at radius 1 is 0.970 bits per heavy atom. The first kappa shape index (κ1) is 22.7. The van der Waals surface area contributed by atoms with E-state index < -0.39 is 5.92 Å². The van der Waals surface area contributed by atoms with Gasteiger partial charge in [0, 0.05) is 24.0 Å². The molecule has 4 rings (SSSR count). The summed E-state index contributed by atoms with van der Waals surface area (Å²) in [7, 11) is 6.28. The Bertz CT molecular complexity index is 1140. The first-order chi connectivity index (χ1) is 16.1. The van der Waals surface area contributed by atoms with E-state index in [1.165, 1.54) is 11.8 Å². The van der Waals surface area contributed by atoms with Gasteiger partial charge in [-0.25, -0.2) is 0 Å². The van der Waals surface area contributed by atoms with E-state index in [0.29, 0.717) is 40.4 Å². The standard InChI is InChI=1S/C24H25N3O5S/c1-29-19-8-6-5-7-18(19)26-13-27-23(28)10-15(17(12-25)24(27)33-14-26)16-9-21(31-3)22(32-4)11-20(16)30-2/h5-9,11,15H,10,13-14H2,1-4H3. The molecule has 0 spiro atoms. The summed E-state index contributed by atoms with van der Waals surface area (Å²) in [6.45, 7) is 0.350. The van der Waals surface area contributed by atoms with Gasteiger partial charge in [0.15, 0.2) is 11.5 Å². The molecule has 1 saturated heterocycles. The number of ether oxygens (including phenoxy) is 4. The Morgan fingerprint density at radius 2 is 1.64 bits per heavy atom. The van der Waals surface area contributed by atoms with Crippen LogP contribution in [0.3, 0.4) is 0 Å². The number of amides is 1. The minimum atomic E-state index is -0.436. The van der Waals surface area contributed by atoms with Crippen molar-refractivity contribution in [2.45, 2.75) is 12.3 Å². The maximum Gasteiger partial charge on any atom is 0.229 e. The summed E-state index contributed by atoms with van der Waals surface area (Å²) in [4.78, 5) is 17.0. The van der Waals surface area contributed by atoms with Crippen molar-refractivity contribution in [2.24, 2.45) is 0 Å². The van der Waals surface area contributed by atoms with E-state index in [2.05, 4.69) is 11.0 Å². The van der Waals surface area contributed by atoms with Gasteiger partial charge in [0.05, 0.1) is 63.3 Å². The van der Waals surface area contributed by atoms with Gasteiger partial charge in [0.2, 0.25) is 5.91 Å². The van der Waals surface area contributed by atoms with Gasteiger partial charge in [0.1, 0.15) is 11.5 Å². The summed E-state index contributed by atoms with van der Waals surface area (Å²) < 4.78 is 21.9. The van der Waals surface area contributed by atoms with E-state index in [4.69, 9.17) is 18.9 Å². The topological polar surface area (TPSA) is 84.3 Å². The van der Waals surface area contributed by atoms with Crippen molar-refractivity contribution in [3.63, 3.8) is 0 Å². The number of benzene rings is 2. The van der Waals surface area contributed by atoms with Crippen LogP contribution in [0.2, 0.25) is 0 Å². The summed E-state index contributed by atoms with van der Waals surface area (Å²) >= 11 is 1.47. The normalized spacial score (nSPS) is 17.9. The number of methoxy groups -OCH3 is 4. The van der Waals surface area contributed by atoms with Crippen molar-refractivity contribution >= 4 is 23.4 Å². The minimum Gasteiger partial charge on any atom is -0.496 e. The van der Waals surface area contributed by atoms with Crippen LogP contribution in [0.1, 0.15) is 17.9 Å². The minimum absolute atomic E-state index is 0.0575. The van der Waals surface area contributed by atoms with E-state index in [1.807, 2.05) is 24.3 Å². The van der Waals surface area contributed by atoms with Crippen LogP contribution in [0.15, 0.2) is 47.0 Å². The number of para-hydroxylation sites is 2. The molecule has 0 N–H and O–H groups in total. The molecule has 0 bridgehead atoms. The molecule has 1 unspecified atom stereocenters. The molecule has 1 amide bonds. The first-order valence-corrected chi connectivity index (χ1v) is 11.3. The van der Waals surface area contributed by atoms with E-state index in [-0.39, 0.29) is 12.3 Å². The molecule has 1 atom stereocenters. The van der Waals surface area contributed by atoms with Crippen LogP contribution < -0.4 is 23.8 Å². The molecule has 33 heavy (non-hydrogen) atoms. The van der Waals surface area contributed by atoms with E-state index in [0.717, 1.165) is 17.0 Å². The lowest BCUT2D eigenvalue weighted by molar-refractivity contribution is -0.129. The predicted octanol–water partition coefficient (Wildman–Crippen LogP) is 3.94. The number of allylic oxidation sites excluding steroid dienone is 1. The number of carbonyl (C=O) groups is 1. The second kappa shape index (κ2) is 9.55. The van der Waals surface area contributed by atoms with Gasteiger partial charge in [-0.05, 0) is 18.2 Å². The largest absolute Gasteiger partial charge is 0.496 e. The number of fused-ring (bicyclic) bond motifs is 1. The molecule has 2 heterocycles. The Labute approximate surface area is 197 Å². The Morgan fingerprint density at radius 3 is 2.30 bits per heavy atom. The highest BCUT2D eigenvalue weighted by molar-refractivity contribution is 8.03. The molecule has 0 radical (unpaired) electrons. The molecule has 0 saturated carbocycles. The summed E-state index contributed by atoms with van der Waals surface area (Å²) in [6, 6.07) is 13.6. The fourth-order valence-electron chi connectivity index (χ4n) is 4.20. The number of hydrogen-bond donors (Lipinski definition) is 0. The number of anilines is 1. The molecular weight excluding hydrogens is 442 g/mol. The highest BCUT2D eigenvalue weighted by Gasteiger charge is 2.40. The highest BCUT2D eigenvalue weighted by Crippen LogP contribution is 2.48. The van der Waals surface area contributed by atoms with Crippen LogP contribution in [0.4, 0.5) is 5.69 Å². The number of hydrogen-bond acceptors (Lipinski definition) is 8. The highest BCUT2D eigenvalue weighted by atomic mass is 32.2. The zero-order chi connectivity index (χ0) is 23.5. The fourth-order valence-corrected chi connectivity index (χ4v) is 5.35. The van der Waals surface area contributed by atoms with Gasteiger partial charge in [-0.15, -0.1) is 0 Å². The van der Waals surface area contributed by atoms with Gasteiger partial charge < -0.3 is 23.8 Å². The molecule has 2 aromatic carbocycles. The molecule has 0 aliphatic carbocycles. The summed E-state index contributed by atoms with van der Waals surface area (Å²) in [6.07, 6.45) is 0.151. The molecule has 2 aliphatic rings. The number of thioether (sulfide) groups is 1. The lowest BCUT2D eigenvalue weighted by Crippen LogP contribution is -2.47.